The van der Waals surface area contributed by atoms with Crippen molar-refractivity contribution in [2.75, 3.05) is 18.4 Å². The number of aliphatic hydroxyl groups is 4. The van der Waals surface area contributed by atoms with Crippen LogP contribution < -0.4 is 33.3 Å². The lowest BCUT2D eigenvalue weighted by molar-refractivity contribution is -0.226. The third kappa shape index (κ3) is 10.0. The second-order valence-corrected chi connectivity index (χ2v) is 12.7. The van der Waals surface area contributed by atoms with Gasteiger partial charge in [0.15, 0.2) is 12.5 Å². The van der Waals surface area contributed by atoms with E-state index >= 15 is 0 Å². The second-order valence-electron chi connectivity index (χ2n) is 12.7. The second kappa shape index (κ2) is 18.6. The summed E-state index contributed by atoms with van der Waals surface area (Å²) in [5, 5.41) is 48.6. The molecule has 2 amide bonds. The van der Waals surface area contributed by atoms with E-state index < -0.39 is 78.4 Å². The third-order valence-corrected chi connectivity index (χ3v) is 8.95. The van der Waals surface area contributed by atoms with Crippen molar-refractivity contribution in [1.29, 1.82) is 0 Å². The number of nitrogens with two attached hydrogens (primary N) is 2. The first kappa shape index (κ1) is 39.3. The summed E-state index contributed by atoms with van der Waals surface area (Å²) in [5.74, 6) is -1.25. The van der Waals surface area contributed by atoms with Crippen molar-refractivity contribution in [2.24, 2.45) is 11.5 Å². The van der Waals surface area contributed by atoms with E-state index in [1.54, 1.807) is 0 Å². The number of H-pyrrole nitrogens is 1. The van der Waals surface area contributed by atoms with Gasteiger partial charge in [-0.25, -0.2) is 4.79 Å². The first-order valence-electron chi connectivity index (χ1n) is 17.1. The van der Waals surface area contributed by atoms with Crippen LogP contribution in [0.25, 0.3) is 0 Å². The summed E-state index contributed by atoms with van der Waals surface area (Å²) >= 11 is 0. The zero-order chi connectivity index (χ0) is 36.4. The number of carbonyl (C=O) groups is 2. The minimum atomic E-state index is -1.78. The Labute approximate surface area is 288 Å². The van der Waals surface area contributed by atoms with Gasteiger partial charge in [0.25, 0.3) is 5.56 Å². The predicted molar refractivity (Wildman–Crippen MR) is 180 cm³/mol. The topological polar surface area (TPSA) is 274 Å². The largest absolute Gasteiger partial charge is 0.387 e. The lowest BCUT2D eigenvalue weighted by Crippen LogP contribution is -2.59. The van der Waals surface area contributed by atoms with E-state index in [9.17, 15) is 39.6 Å². The van der Waals surface area contributed by atoms with E-state index in [4.69, 9.17) is 25.7 Å². The predicted octanol–water partition coefficient (Wildman–Crippen LogP) is -1.68. The van der Waals surface area contributed by atoms with Gasteiger partial charge < -0.3 is 56.7 Å². The number of ether oxygens (including phenoxy) is 3. The van der Waals surface area contributed by atoms with Crippen LogP contribution in [0.5, 0.6) is 0 Å². The van der Waals surface area contributed by atoms with Crippen LogP contribution in [0.4, 0.5) is 5.69 Å². The van der Waals surface area contributed by atoms with Crippen LogP contribution in [0, 0.1) is 0 Å². The Bertz CT molecular complexity index is 1500. The smallest absolute Gasteiger partial charge is 0.330 e. The molecule has 0 saturated carbocycles. The molecule has 2 aliphatic rings. The number of hydrogen-bond donors (Lipinski definition) is 9. The van der Waals surface area contributed by atoms with Gasteiger partial charge in [0.1, 0.15) is 48.8 Å². The number of aliphatic hydroxyl groups excluding tert-OH is 4. The van der Waals surface area contributed by atoms with Crippen molar-refractivity contribution >= 4 is 17.5 Å². The summed E-state index contributed by atoms with van der Waals surface area (Å²) in [7, 11) is 0. The average Bonchev–Trinajstić information content (AvgIpc) is 3.53. The maximum atomic E-state index is 12.8. The molecular formula is C33H50N6O11. The van der Waals surface area contributed by atoms with E-state index in [0.717, 1.165) is 29.7 Å². The standard InChI is InChI=1S/C33H50N6O11/c1-2-3-4-5-6-8-18-10-12-19(13-11-18)37-21(40)9-7-15-36-23(30(35)46)28(50-32-27(45)24(42)20(17-34)48-32)29-25(43)26(44)31(49-29)39-16-14-22(41)38-33(39)47/h10-14,16,20,23-29,31-32,36,42-45H,2-9,15,17,34H2,1H3,(H2,35,46)(H,37,40)(H,38,41,47). The summed E-state index contributed by atoms with van der Waals surface area (Å²) in [6, 6.07) is 7.23. The van der Waals surface area contributed by atoms with Crippen LogP contribution in [0.2, 0.25) is 0 Å². The molecule has 4 rings (SSSR count). The number of aromatic amines is 1. The lowest BCUT2D eigenvalue weighted by Gasteiger charge is -2.34. The zero-order valence-electron chi connectivity index (χ0n) is 28.1. The van der Waals surface area contributed by atoms with Crippen molar-refractivity contribution in [3.05, 3.63) is 62.9 Å². The van der Waals surface area contributed by atoms with E-state index in [2.05, 4.69) is 17.6 Å². The Kier molecular flexibility index (Phi) is 14.6. The van der Waals surface area contributed by atoms with Crippen molar-refractivity contribution in [1.82, 2.24) is 14.9 Å². The molecule has 1 aromatic heterocycles. The van der Waals surface area contributed by atoms with Crippen LogP contribution in [-0.4, -0.2) is 110 Å². The SMILES string of the molecule is CCCCCCCc1ccc(NC(=O)CCCNC(C(N)=O)C(OC2OC(CN)C(O)C2O)C2OC(n3ccc(=O)[nH]c3=O)C(O)C2O)cc1. The highest BCUT2D eigenvalue weighted by molar-refractivity contribution is 5.90. The molecule has 0 spiro atoms. The summed E-state index contributed by atoms with van der Waals surface area (Å²) < 4.78 is 18.2. The molecule has 0 aliphatic carbocycles. The molecule has 3 heterocycles. The highest BCUT2D eigenvalue weighted by Crippen LogP contribution is 2.34. The summed E-state index contributed by atoms with van der Waals surface area (Å²) in [4.78, 5) is 51.5. The molecule has 17 nitrogen and oxygen atoms in total. The van der Waals surface area contributed by atoms with Gasteiger partial charge in [0, 0.05) is 30.9 Å². The maximum Gasteiger partial charge on any atom is 0.330 e. The first-order chi connectivity index (χ1) is 23.9. The number of primary amides is 1. The molecule has 10 atom stereocenters. The number of nitrogens with zero attached hydrogens (tertiary/aromatic N) is 1. The molecule has 50 heavy (non-hydrogen) atoms. The molecule has 2 aliphatic heterocycles. The Hall–Kier alpha value is -3.52. The normalized spacial score (nSPS) is 27.6. The van der Waals surface area contributed by atoms with Crippen LogP contribution in [0.1, 0.15) is 63.7 Å². The molecule has 278 valence electrons. The average molecular weight is 707 g/mol. The summed E-state index contributed by atoms with van der Waals surface area (Å²) in [6.07, 6.45) is -5.54. The van der Waals surface area contributed by atoms with Gasteiger partial charge in [-0.05, 0) is 43.5 Å². The molecule has 2 fully saturated rings. The highest BCUT2D eigenvalue weighted by Gasteiger charge is 2.53. The number of rotatable bonds is 19. The van der Waals surface area contributed by atoms with Crippen LogP contribution in [0.3, 0.4) is 0 Å². The summed E-state index contributed by atoms with van der Waals surface area (Å²) in [6.45, 7) is 2.06. The van der Waals surface area contributed by atoms with Gasteiger partial charge in [0.2, 0.25) is 11.8 Å². The van der Waals surface area contributed by atoms with Gasteiger partial charge in [-0.2, -0.15) is 0 Å². The number of benzene rings is 1. The number of hydrogen-bond acceptors (Lipinski definition) is 13. The van der Waals surface area contributed by atoms with Crippen LogP contribution in [0.15, 0.2) is 46.1 Å². The van der Waals surface area contributed by atoms with Gasteiger partial charge in [-0.15, -0.1) is 0 Å². The van der Waals surface area contributed by atoms with Gasteiger partial charge >= 0.3 is 5.69 Å². The first-order valence-corrected chi connectivity index (χ1v) is 17.1. The van der Waals surface area contributed by atoms with Gasteiger partial charge in [0.05, 0.1) is 0 Å². The Morgan fingerprint density at radius 3 is 2.32 bits per heavy atom. The third-order valence-electron chi connectivity index (χ3n) is 8.95. The molecule has 10 unspecified atom stereocenters. The molecule has 0 radical (unpaired) electrons. The summed E-state index contributed by atoms with van der Waals surface area (Å²) in [5.41, 5.74) is 11.6. The number of aryl methyl sites for hydroxylation is 1. The Morgan fingerprint density at radius 1 is 0.960 bits per heavy atom. The number of unbranched alkanes of at least 4 members (excludes halogenated alkanes) is 4. The van der Waals surface area contributed by atoms with Crippen molar-refractivity contribution in [2.45, 2.75) is 120 Å². The fraction of sp³-hybridized carbons (Fsp3) is 0.636. The lowest BCUT2D eigenvalue weighted by atomic mass is 9.98. The minimum Gasteiger partial charge on any atom is -0.387 e. The fourth-order valence-corrected chi connectivity index (χ4v) is 6.13. The molecule has 2 saturated heterocycles. The number of carbonyl (C=O) groups excluding carboxylic acids is 2. The molecule has 1 aromatic carbocycles. The van der Waals surface area contributed by atoms with Crippen molar-refractivity contribution in [3.8, 4) is 0 Å². The van der Waals surface area contributed by atoms with E-state index in [1.165, 1.54) is 31.2 Å². The fourth-order valence-electron chi connectivity index (χ4n) is 6.13. The molecular weight excluding hydrogens is 656 g/mol. The molecule has 2 aromatic rings. The monoisotopic (exact) mass is 706 g/mol. The Morgan fingerprint density at radius 2 is 1.68 bits per heavy atom. The maximum absolute atomic E-state index is 12.8. The zero-order valence-corrected chi connectivity index (χ0v) is 28.1. The van der Waals surface area contributed by atoms with Crippen LogP contribution >= 0.6 is 0 Å². The van der Waals surface area contributed by atoms with Gasteiger partial charge in [-0.3, -0.25) is 23.9 Å². The van der Waals surface area contributed by atoms with Crippen LogP contribution in [-0.2, 0) is 30.2 Å². The quantitative estimate of drug-likeness (QED) is 0.0740. The van der Waals surface area contributed by atoms with Crippen molar-refractivity contribution < 1.29 is 44.2 Å². The Balaban J connectivity index is 1.40. The number of amides is 2. The number of anilines is 1. The van der Waals surface area contributed by atoms with E-state index in [0.29, 0.717) is 5.69 Å². The van der Waals surface area contributed by atoms with Gasteiger partial charge in [-0.1, -0.05) is 44.7 Å². The van der Waals surface area contributed by atoms with Crippen molar-refractivity contribution in [3.63, 3.8) is 0 Å². The molecule has 11 N–H and O–H groups in total. The highest BCUT2D eigenvalue weighted by atomic mass is 16.7. The number of aromatic nitrogens is 2. The number of nitrogens with one attached hydrogen (secondary N) is 3. The van der Waals surface area contributed by atoms with E-state index in [-0.39, 0.29) is 31.8 Å². The molecule has 17 heteroatoms. The van der Waals surface area contributed by atoms with E-state index in [1.807, 2.05) is 29.2 Å². The molecule has 0 bridgehead atoms. The minimum absolute atomic E-state index is 0.0498.